The van der Waals surface area contributed by atoms with Gasteiger partial charge in [-0.3, -0.25) is 19.2 Å². The van der Waals surface area contributed by atoms with Crippen molar-refractivity contribution < 1.29 is 28.7 Å². The number of aldehydes is 1. The quantitative estimate of drug-likeness (QED) is 0.110. The Labute approximate surface area is 300 Å². The van der Waals surface area contributed by atoms with E-state index in [2.05, 4.69) is 13.2 Å². The van der Waals surface area contributed by atoms with Gasteiger partial charge in [-0.1, -0.05) is 79.6 Å². The van der Waals surface area contributed by atoms with E-state index in [9.17, 15) is 19.2 Å². The van der Waals surface area contributed by atoms with Crippen LogP contribution in [0.25, 0.3) is 35.2 Å². The third-order valence-corrected chi connectivity index (χ3v) is 9.65. The average molecular weight is 669 g/mol. The van der Waals surface area contributed by atoms with Gasteiger partial charge in [0.25, 0.3) is 0 Å². The molecule has 0 spiro atoms. The molecule has 3 aliphatic rings. The molecule has 0 N–H and O–H groups in total. The standard InChI is InChI=1S/C38H37N4O6.Mg/c1-8-13-48-31(44)12-11-23-19(5)26-14-25-18(4)21(9-2)28(39-25)16-30-24(17-43)22(10-3)29(40-30)15-27-20(6)32-36(42-27)33(35(23)41-26)34(37(32)45)38(46)47-7;/h8-9,14-17,19,23,34H,1-2,10-13H2,3-7H3,(H-,41,42,43,45);/q-3;+2/p-1/b26-14-,30-16-;/t19-,23-,34+;/m0./s1. The van der Waals surface area contributed by atoms with Crippen LogP contribution in [0.4, 0.5) is 0 Å². The topological polar surface area (TPSA) is 143 Å². The Morgan fingerprint density at radius 1 is 0.980 bits per heavy atom. The minimum atomic E-state index is -1.26. The predicted octanol–water partition coefficient (Wildman–Crippen LogP) is 3.67. The number of allylic oxidation sites excluding steroid dienone is 2. The SMILES string of the molecule is C=CCOC(=O)CC[C@@H]1/C2=C3/c4[n-]c(c(C)c4C(=O)[C@@H]3C(=O)OC)/C=c3\[n-]/c(c(C=O)c3CC)=C\c3[n-]c(c(C)c3C=C)/C=C(\[N-]2)[C@H]1C.[Mg+2]. The Balaban J connectivity index is 0.00000468. The van der Waals surface area contributed by atoms with E-state index in [1.807, 2.05) is 26.8 Å². The van der Waals surface area contributed by atoms with Gasteiger partial charge in [-0.15, -0.1) is 33.5 Å². The summed E-state index contributed by atoms with van der Waals surface area (Å²) in [4.78, 5) is 67.2. The van der Waals surface area contributed by atoms with E-state index in [-0.39, 0.29) is 53.9 Å². The van der Waals surface area contributed by atoms with Gasteiger partial charge < -0.3 is 29.7 Å². The number of hydrogen-bond acceptors (Lipinski definition) is 6. The van der Waals surface area contributed by atoms with Crippen molar-refractivity contribution in [1.29, 1.82) is 0 Å². The molecule has 0 radical (unpaired) electrons. The summed E-state index contributed by atoms with van der Waals surface area (Å²) in [6.45, 7) is 15.4. The minimum Gasteiger partial charge on any atom is -0.664 e. The van der Waals surface area contributed by atoms with Gasteiger partial charge in [0.05, 0.1) is 7.11 Å². The number of rotatable bonds is 9. The number of nitrogens with zero attached hydrogens (tertiary/aromatic N) is 4. The molecule has 3 aromatic heterocycles. The maximum absolute atomic E-state index is 14.1. The summed E-state index contributed by atoms with van der Waals surface area (Å²) in [5, 5.41) is 6.13. The molecule has 6 rings (SSSR count). The van der Waals surface area contributed by atoms with Crippen molar-refractivity contribution in [1.82, 2.24) is 15.0 Å². The van der Waals surface area contributed by atoms with E-state index in [1.165, 1.54) is 13.2 Å². The molecule has 10 nitrogen and oxygen atoms in total. The van der Waals surface area contributed by atoms with E-state index in [0.717, 1.165) is 23.0 Å². The third-order valence-electron chi connectivity index (χ3n) is 9.65. The van der Waals surface area contributed by atoms with Crippen molar-refractivity contribution in [3.63, 3.8) is 0 Å². The number of carbonyl (C=O) groups is 4. The number of aromatic nitrogens is 3. The average Bonchev–Trinajstić information content (AvgIpc) is 3.82. The van der Waals surface area contributed by atoms with Gasteiger partial charge in [0.1, 0.15) is 18.8 Å². The molecule has 1 fully saturated rings. The number of methoxy groups -OCH3 is 1. The maximum Gasteiger partial charge on any atom is 2.00 e. The molecular formula is C38H36MgN4O6-2. The predicted molar refractivity (Wildman–Crippen MR) is 187 cm³/mol. The van der Waals surface area contributed by atoms with Crippen molar-refractivity contribution >= 4 is 76.9 Å². The first-order valence-electron chi connectivity index (χ1n) is 16.0. The van der Waals surface area contributed by atoms with Crippen LogP contribution >= 0.6 is 0 Å². The number of hydrogen-bond donors (Lipinski definition) is 0. The maximum atomic E-state index is 14.1. The second-order valence-electron chi connectivity index (χ2n) is 12.2. The second-order valence-corrected chi connectivity index (χ2v) is 12.2. The zero-order valence-electron chi connectivity index (χ0n) is 28.4. The molecule has 0 unspecified atom stereocenters. The Morgan fingerprint density at radius 3 is 2.35 bits per heavy atom. The molecule has 0 amide bonds. The number of esters is 2. The van der Waals surface area contributed by atoms with Gasteiger partial charge in [-0.05, 0) is 44.1 Å². The third kappa shape index (κ3) is 5.88. The van der Waals surface area contributed by atoms with Crippen LogP contribution in [-0.4, -0.2) is 60.8 Å². The molecule has 248 valence electrons. The van der Waals surface area contributed by atoms with Crippen LogP contribution in [0.3, 0.4) is 0 Å². The van der Waals surface area contributed by atoms with Crippen LogP contribution < -0.4 is 25.7 Å². The van der Waals surface area contributed by atoms with E-state index in [0.29, 0.717) is 80.0 Å². The molecule has 5 heterocycles. The van der Waals surface area contributed by atoms with Crippen LogP contribution in [0.15, 0.2) is 30.6 Å². The number of carbonyl (C=O) groups excluding carboxylic acids is 4. The number of Topliss-reactive ketones (excluding diaryl/α,β-unsaturated/α-hetero) is 1. The van der Waals surface area contributed by atoms with Crippen molar-refractivity contribution in [3.05, 3.63) is 103 Å². The Hall–Kier alpha value is -4.61. The van der Waals surface area contributed by atoms with E-state index in [4.69, 9.17) is 29.7 Å². The van der Waals surface area contributed by atoms with Crippen molar-refractivity contribution in [3.8, 4) is 0 Å². The zero-order valence-corrected chi connectivity index (χ0v) is 29.8. The summed E-state index contributed by atoms with van der Waals surface area (Å²) in [5.74, 6) is -3.35. The first-order chi connectivity index (χ1) is 23.1. The summed E-state index contributed by atoms with van der Waals surface area (Å²) in [6.07, 6.45) is 10.5. The van der Waals surface area contributed by atoms with Crippen molar-refractivity contribution in [2.45, 2.75) is 47.0 Å². The summed E-state index contributed by atoms with van der Waals surface area (Å²) in [6, 6.07) is 0. The fraction of sp³-hybridized carbons (Fsp3) is 0.316. The molecule has 49 heavy (non-hydrogen) atoms. The molecule has 0 saturated carbocycles. The summed E-state index contributed by atoms with van der Waals surface area (Å²) in [5.41, 5.74) is 7.49. The molecule has 2 aliphatic heterocycles. The second kappa shape index (κ2) is 14.1. The Bertz CT molecular complexity index is 2110. The molecule has 8 bridgehead atoms. The molecule has 11 heteroatoms. The van der Waals surface area contributed by atoms with Crippen LogP contribution in [0.2, 0.25) is 0 Å². The molecular weight excluding hydrogens is 633 g/mol. The molecule has 3 aromatic rings. The van der Waals surface area contributed by atoms with Gasteiger partial charge in [-0.25, -0.2) is 0 Å². The van der Waals surface area contributed by atoms with E-state index < -0.39 is 17.7 Å². The number of fused-ring (bicyclic) bond motifs is 7. The van der Waals surface area contributed by atoms with Gasteiger partial charge in [0.2, 0.25) is 0 Å². The van der Waals surface area contributed by atoms with Gasteiger partial charge in [0, 0.05) is 17.5 Å². The first kappa shape index (κ1) is 35.7. The van der Waals surface area contributed by atoms with Gasteiger partial charge >= 0.3 is 35.0 Å². The van der Waals surface area contributed by atoms with E-state index >= 15 is 0 Å². The number of ether oxygens (including phenoxy) is 2. The first-order valence-corrected chi connectivity index (χ1v) is 16.0. The van der Waals surface area contributed by atoms with Crippen molar-refractivity contribution in [2.24, 2.45) is 17.8 Å². The number of ketones is 1. The zero-order chi connectivity index (χ0) is 34.4. The van der Waals surface area contributed by atoms with E-state index in [1.54, 1.807) is 25.2 Å². The van der Waals surface area contributed by atoms with Gasteiger partial charge in [-0.2, -0.15) is 11.4 Å². The van der Waals surface area contributed by atoms with Crippen molar-refractivity contribution in [2.75, 3.05) is 13.7 Å². The summed E-state index contributed by atoms with van der Waals surface area (Å²) < 4.78 is 10.4. The Morgan fingerprint density at radius 2 is 1.69 bits per heavy atom. The molecule has 1 aliphatic carbocycles. The monoisotopic (exact) mass is 668 g/mol. The molecule has 3 atom stereocenters. The normalized spacial score (nSPS) is 22.8. The van der Waals surface area contributed by atoms with Crippen LogP contribution in [-0.2, 0) is 25.5 Å². The summed E-state index contributed by atoms with van der Waals surface area (Å²) in [7, 11) is 1.25. The van der Waals surface area contributed by atoms with Gasteiger partial charge in [0.15, 0.2) is 5.78 Å². The smallest absolute Gasteiger partial charge is 0.664 e. The van der Waals surface area contributed by atoms with Crippen LogP contribution in [0.1, 0.15) is 92.4 Å². The Kier molecular flexibility index (Phi) is 10.3. The summed E-state index contributed by atoms with van der Waals surface area (Å²) >= 11 is 0. The van der Waals surface area contributed by atoms with Crippen LogP contribution in [0, 0.1) is 31.6 Å². The minimum absolute atomic E-state index is 0. The van der Waals surface area contributed by atoms with Crippen LogP contribution in [0.5, 0.6) is 0 Å². The fourth-order valence-electron chi connectivity index (χ4n) is 7.10. The fourth-order valence-corrected chi connectivity index (χ4v) is 7.10. The molecule has 0 aromatic carbocycles. The largest absolute Gasteiger partial charge is 2.00 e. The molecule has 1 saturated heterocycles.